The summed E-state index contributed by atoms with van der Waals surface area (Å²) in [6, 6.07) is 8.04. The Morgan fingerprint density at radius 2 is 1.55 bits per heavy atom. The molecule has 0 saturated carbocycles. The third-order valence-corrected chi connectivity index (χ3v) is 5.18. The minimum atomic E-state index is -1.09. The lowest BCUT2D eigenvalue weighted by Gasteiger charge is -2.32. The first-order valence-electron chi connectivity index (χ1n) is 11.7. The van der Waals surface area contributed by atoms with Gasteiger partial charge in [-0.05, 0) is 64.2 Å². The predicted molar refractivity (Wildman–Crippen MR) is 125 cm³/mol. The second-order valence-corrected chi connectivity index (χ2v) is 9.34. The molecule has 0 aliphatic rings. The fourth-order valence-corrected chi connectivity index (χ4v) is 3.33. The van der Waals surface area contributed by atoms with E-state index in [1.807, 2.05) is 24.3 Å². The van der Waals surface area contributed by atoms with Gasteiger partial charge in [0.15, 0.2) is 0 Å². The van der Waals surface area contributed by atoms with Crippen LogP contribution in [0.15, 0.2) is 24.3 Å². The Kier molecular flexibility index (Phi) is 12.6. The summed E-state index contributed by atoms with van der Waals surface area (Å²) in [6.07, 6.45) is 8.76. The molecule has 3 N–H and O–H groups in total. The highest BCUT2D eigenvalue weighted by Gasteiger charge is 2.32. The van der Waals surface area contributed by atoms with Crippen LogP contribution in [-0.2, 0) is 11.2 Å². The smallest absolute Gasteiger partial charge is 0.408 e. The molecule has 0 unspecified atom stereocenters. The van der Waals surface area contributed by atoms with Crippen molar-refractivity contribution in [1.82, 2.24) is 5.32 Å². The van der Waals surface area contributed by atoms with Gasteiger partial charge in [-0.3, -0.25) is 0 Å². The summed E-state index contributed by atoms with van der Waals surface area (Å²) < 4.78 is 11.1. The van der Waals surface area contributed by atoms with Gasteiger partial charge in [0.2, 0.25) is 0 Å². The van der Waals surface area contributed by atoms with E-state index in [1.165, 1.54) is 32.1 Å². The molecular formula is C25H43NO5. The Bertz CT molecular complexity index is 605. The van der Waals surface area contributed by atoms with Crippen LogP contribution < -0.4 is 10.1 Å². The number of benzene rings is 1. The van der Waals surface area contributed by atoms with Crippen LogP contribution in [0.3, 0.4) is 0 Å². The van der Waals surface area contributed by atoms with Crippen LogP contribution in [0.5, 0.6) is 5.75 Å². The molecule has 1 rings (SSSR count). The highest BCUT2D eigenvalue weighted by molar-refractivity contribution is 5.68. The largest absolute Gasteiger partial charge is 0.494 e. The van der Waals surface area contributed by atoms with Crippen LogP contribution in [0.25, 0.3) is 0 Å². The van der Waals surface area contributed by atoms with Crippen LogP contribution in [-0.4, -0.2) is 47.3 Å². The number of aliphatic hydroxyl groups is 2. The maximum atomic E-state index is 12.1. The Balaban J connectivity index is 2.39. The van der Waals surface area contributed by atoms with Gasteiger partial charge in [-0.2, -0.15) is 0 Å². The number of rotatable bonds is 15. The van der Waals surface area contributed by atoms with E-state index in [1.54, 1.807) is 20.8 Å². The number of nitrogens with one attached hydrogen (secondary N) is 1. The molecule has 0 fully saturated rings. The van der Waals surface area contributed by atoms with E-state index >= 15 is 0 Å². The fourth-order valence-electron chi connectivity index (χ4n) is 3.33. The molecule has 0 spiro atoms. The number of alkyl carbamates (subject to hydrolysis) is 1. The van der Waals surface area contributed by atoms with Crippen molar-refractivity contribution < 1.29 is 24.5 Å². The van der Waals surface area contributed by atoms with Crippen LogP contribution in [0.2, 0.25) is 0 Å². The van der Waals surface area contributed by atoms with Crippen LogP contribution in [0.1, 0.15) is 84.6 Å². The third-order valence-electron chi connectivity index (χ3n) is 5.18. The quantitative estimate of drug-likeness (QED) is 0.336. The lowest BCUT2D eigenvalue weighted by Crippen LogP contribution is -2.55. The standard InChI is InChI=1S/C25H43NO5/c1-5-6-7-8-9-10-18-30-22-15-13-21(14-16-22)12-11-17-25(19-27,20-28)26-23(29)31-24(2,3)4/h13-16,27-28H,5-12,17-20H2,1-4H3,(H,26,29). The van der Waals surface area contributed by atoms with Crippen molar-refractivity contribution in [2.75, 3.05) is 19.8 Å². The maximum Gasteiger partial charge on any atom is 0.408 e. The number of carbonyl (C=O) groups excluding carboxylic acids is 1. The molecule has 1 aromatic rings. The van der Waals surface area contributed by atoms with Gasteiger partial charge in [0.25, 0.3) is 0 Å². The average molecular weight is 438 g/mol. The summed E-state index contributed by atoms with van der Waals surface area (Å²) in [5, 5.41) is 22.2. The number of unbranched alkanes of at least 4 members (excludes halogenated alkanes) is 5. The zero-order valence-electron chi connectivity index (χ0n) is 19.9. The van der Waals surface area contributed by atoms with Gasteiger partial charge in [-0.25, -0.2) is 4.79 Å². The van der Waals surface area contributed by atoms with Gasteiger partial charge in [-0.15, -0.1) is 0 Å². The van der Waals surface area contributed by atoms with Crippen molar-refractivity contribution in [1.29, 1.82) is 0 Å². The molecule has 0 heterocycles. The zero-order chi connectivity index (χ0) is 23.2. The number of aryl methyl sites for hydroxylation is 1. The average Bonchev–Trinajstić information content (AvgIpc) is 2.72. The maximum absolute atomic E-state index is 12.1. The highest BCUT2D eigenvalue weighted by Crippen LogP contribution is 2.19. The summed E-state index contributed by atoms with van der Waals surface area (Å²) in [7, 11) is 0. The third kappa shape index (κ3) is 12.0. The van der Waals surface area contributed by atoms with Crippen molar-refractivity contribution in [3.63, 3.8) is 0 Å². The molecule has 0 bridgehead atoms. The van der Waals surface area contributed by atoms with Gasteiger partial charge in [-0.1, -0.05) is 51.2 Å². The van der Waals surface area contributed by atoms with E-state index in [-0.39, 0.29) is 13.2 Å². The van der Waals surface area contributed by atoms with Crippen LogP contribution >= 0.6 is 0 Å². The number of ether oxygens (including phenoxy) is 2. The van der Waals surface area contributed by atoms with Crippen molar-refractivity contribution in [3.05, 3.63) is 29.8 Å². The monoisotopic (exact) mass is 437 g/mol. The van der Waals surface area contributed by atoms with Crippen LogP contribution in [0, 0.1) is 0 Å². The molecule has 1 amide bonds. The van der Waals surface area contributed by atoms with E-state index in [9.17, 15) is 15.0 Å². The van der Waals surface area contributed by atoms with E-state index < -0.39 is 17.2 Å². The molecule has 0 atom stereocenters. The second kappa shape index (κ2) is 14.3. The predicted octanol–water partition coefficient (Wildman–Crippen LogP) is 5.00. The first kappa shape index (κ1) is 27.2. The second-order valence-electron chi connectivity index (χ2n) is 9.34. The van der Waals surface area contributed by atoms with Crippen molar-refractivity contribution in [2.45, 2.75) is 96.6 Å². The van der Waals surface area contributed by atoms with E-state index in [2.05, 4.69) is 12.2 Å². The first-order valence-corrected chi connectivity index (χ1v) is 11.7. The molecule has 178 valence electrons. The molecule has 0 radical (unpaired) electrons. The minimum absolute atomic E-state index is 0.353. The molecule has 1 aromatic carbocycles. The lowest BCUT2D eigenvalue weighted by molar-refractivity contribution is 0.0271. The summed E-state index contributed by atoms with van der Waals surface area (Å²) in [5.74, 6) is 0.879. The summed E-state index contributed by atoms with van der Waals surface area (Å²) >= 11 is 0. The van der Waals surface area contributed by atoms with Gasteiger partial charge < -0.3 is 25.0 Å². The number of hydrogen-bond donors (Lipinski definition) is 3. The topological polar surface area (TPSA) is 88.0 Å². The number of aliphatic hydroxyl groups excluding tert-OH is 2. The summed E-state index contributed by atoms with van der Waals surface area (Å²) in [6.45, 7) is 7.58. The van der Waals surface area contributed by atoms with Crippen molar-refractivity contribution >= 4 is 6.09 Å². The first-order chi connectivity index (χ1) is 14.7. The van der Waals surface area contributed by atoms with E-state index in [4.69, 9.17) is 9.47 Å². The van der Waals surface area contributed by atoms with E-state index in [0.29, 0.717) is 12.8 Å². The number of amides is 1. The lowest BCUT2D eigenvalue weighted by atomic mass is 9.93. The molecule has 0 aliphatic carbocycles. The minimum Gasteiger partial charge on any atom is -0.494 e. The molecular weight excluding hydrogens is 394 g/mol. The summed E-state index contributed by atoms with van der Waals surface area (Å²) in [5.41, 5.74) is -0.587. The van der Waals surface area contributed by atoms with E-state index in [0.717, 1.165) is 30.8 Å². The Morgan fingerprint density at radius 3 is 2.13 bits per heavy atom. The fraction of sp³-hybridized carbons (Fsp3) is 0.720. The molecule has 0 aliphatic heterocycles. The summed E-state index contributed by atoms with van der Waals surface area (Å²) in [4.78, 5) is 12.1. The molecule has 31 heavy (non-hydrogen) atoms. The number of hydrogen-bond acceptors (Lipinski definition) is 5. The highest BCUT2D eigenvalue weighted by atomic mass is 16.6. The van der Waals surface area contributed by atoms with Gasteiger partial charge in [0.1, 0.15) is 11.4 Å². The zero-order valence-corrected chi connectivity index (χ0v) is 19.9. The Hall–Kier alpha value is -1.79. The Morgan fingerprint density at radius 1 is 0.935 bits per heavy atom. The SMILES string of the molecule is CCCCCCCCOc1ccc(CCCC(CO)(CO)NC(=O)OC(C)(C)C)cc1. The van der Waals surface area contributed by atoms with Gasteiger partial charge >= 0.3 is 6.09 Å². The van der Waals surface area contributed by atoms with Gasteiger partial charge in [0, 0.05) is 0 Å². The molecule has 6 heteroatoms. The molecule has 0 saturated heterocycles. The molecule has 0 aromatic heterocycles. The van der Waals surface area contributed by atoms with Crippen molar-refractivity contribution in [3.8, 4) is 5.75 Å². The molecule has 6 nitrogen and oxygen atoms in total. The van der Waals surface area contributed by atoms with Gasteiger partial charge in [0.05, 0.1) is 25.4 Å². The van der Waals surface area contributed by atoms with Crippen molar-refractivity contribution in [2.24, 2.45) is 0 Å². The number of carbonyl (C=O) groups is 1. The normalized spacial score (nSPS) is 11.9. The van der Waals surface area contributed by atoms with Crippen LogP contribution in [0.4, 0.5) is 4.79 Å². The Labute approximate surface area is 188 Å².